The molecule has 0 fully saturated rings. The van der Waals surface area contributed by atoms with E-state index in [1.165, 1.54) is 18.5 Å². The van der Waals surface area contributed by atoms with Crippen molar-refractivity contribution in [1.82, 2.24) is 14.8 Å². The molecule has 2 aromatic carbocycles. The van der Waals surface area contributed by atoms with Gasteiger partial charge >= 0.3 is 0 Å². The zero-order valence-corrected chi connectivity index (χ0v) is 12.2. The molecule has 0 aliphatic heterocycles. The van der Waals surface area contributed by atoms with Gasteiger partial charge in [-0.05, 0) is 41.8 Å². The number of hydrogen-bond donors (Lipinski definition) is 0. The third-order valence-corrected chi connectivity index (χ3v) is 3.42. The molecule has 4 nitrogen and oxygen atoms in total. The summed E-state index contributed by atoms with van der Waals surface area (Å²) < 4.78 is 14.7. The van der Waals surface area contributed by atoms with Gasteiger partial charge in [0.1, 0.15) is 18.5 Å². The van der Waals surface area contributed by atoms with Gasteiger partial charge in [-0.1, -0.05) is 30.3 Å². The SMILES string of the molecule is N#Cc1ccc(/C(=C\Cc2ccc(F)cc2)n2cncn2)cc1. The molecular formula is C18H13FN4. The van der Waals surface area contributed by atoms with E-state index in [2.05, 4.69) is 16.2 Å². The first-order valence-electron chi connectivity index (χ1n) is 7.06. The van der Waals surface area contributed by atoms with Crippen LogP contribution in [0, 0.1) is 17.1 Å². The van der Waals surface area contributed by atoms with Gasteiger partial charge in [0.25, 0.3) is 0 Å². The molecule has 0 aliphatic rings. The summed E-state index contributed by atoms with van der Waals surface area (Å²) >= 11 is 0. The first-order chi connectivity index (χ1) is 11.3. The van der Waals surface area contributed by atoms with Gasteiger partial charge in [0.15, 0.2) is 0 Å². The maximum Gasteiger partial charge on any atom is 0.138 e. The minimum atomic E-state index is -0.249. The summed E-state index contributed by atoms with van der Waals surface area (Å²) in [7, 11) is 0. The van der Waals surface area contributed by atoms with Gasteiger partial charge in [-0.3, -0.25) is 0 Å². The molecule has 1 heterocycles. The van der Waals surface area contributed by atoms with Gasteiger partial charge < -0.3 is 0 Å². The maximum atomic E-state index is 13.0. The molecule has 3 aromatic rings. The Kier molecular flexibility index (Phi) is 4.25. The second-order valence-electron chi connectivity index (χ2n) is 4.95. The van der Waals surface area contributed by atoms with Gasteiger partial charge in [0, 0.05) is 0 Å². The molecule has 0 spiro atoms. The average Bonchev–Trinajstić information content (AvgIpc) is 3.12. The second kappa shape index (κ2) is 6.67. The van der Waals surface area contributed by atoms with Crippen LogP contribution in [-0.2, 0) is 6.42 Å². The fraction of sp³-hybridized carbons (Fsp3) is 0.0556. The van der Waals surface area contributed by atoms with E-state index in [1.54, 1.807) is 35.3 Å². The molecule has 112 valence electrons. The number of allylic oxidation sites excluding steroid dienone is 1. The summed E-state index contributed by atoms with van der Waals surface area (Å²) in [5, 5.41) is 13.1. The summed E-state index contributed by atoms with van der Waals surface area (Å²) in [4.78, 5) is 3.98. The van der Waals surface area contributed by atoms with Crippen molar-refractivity contribution in [2.45, 2.75) is 6.42 Å². The molecule has 5 heteroatoms. The zero-order chi connectivity index (χ0) is 16.1. The van der Waals surface area contributed by atoms with E-state index >= 15 is 0 Å². The van der Waals surface area contributed by atoms with Crippen LogP contribution in [0.5, 0.6) is 0 Å². The van der Waals surface area contributed by atoms with Crippen LogP contribution < -0.4 is 0 Å². The zero-order valence-electron chi connectivity index (χ0n) is 12.2. The quantitative estimate of drug-likeness (QED) is 0.742. The molecule has 0 saturated carbocycles. The minimum Gasteiger partial charge on any atom is -0.223 e. The van der Waals surface area contributed by atoms with E-state index < -0.39 is 0 Å². The Morgan fingerprint density at radius 3 is 2.48 bits per heavy atom. The molecule has 0 amide bonds. The number of halogens is 1. The molecule has 0 aliphatic carbocycles. The predicted molar refractivity (Wildman–Crippen MR) is 84.7 cm³/mol. The maximum absolute atomic E-state index is 13.0. The Labute approximate surface area is 133 Å². The van der Waals surface area contributed by atoms with Gasteiger partial charge in [-0.25, -0.2) is 14.1 Å². The number of nitriles is 1. The number of benzene rings is 2. The lowest BCUT2D eigenvalue weighted by atomic mass is 10.1. The third-order valence-electron chi connectivity index (χ3n) is 3.42. The van der Waals surface area contributed by atoms with Crippen LogP contribution >= 0.6 is 0 Å². The van der Waals surface area contributed by atoms with Gasteiger partial charge in [-0.15, -0.1) is 0 Å². The highest BCUT2D eigenvalue weighted by molar-refractivity contribution is 5.65. The van der Waals surface area contributed by atoms with Crippen LogP contribution in [-0.4, -0.2) is 14.8 Å². The van der Waals surface area contributed by atoms with E-state index in [4.69, 9.17) is 5.26 Å². The monoisotopic (exact) mass is 304 g/mol. The van der Waals surface area contributed by atoms with Crippen LogP contribution in [0.2, 0.25) is 0 Å². The summed E-state index contributed by atoms with van der Waals surface area (Å²) in [6.45, 7) is 0. The highest BCUT2D eigenvalue weighted by Crippen LogP contribution is 2.18. The smallest absolute Gasteiger partial charge is 0.138 e. The lowest BCUT2D eigenvalue weighted by Crippen LogP contribution is -2.00. The van der Waals surface area contributed by atoms with Crippen LogP contribution in [0.25, 0.3) is 5.70 Å². The van der Waals surface area contributed by atoms with Crippen molar-refractivity contribution in [3.63, 3.8) is 0 Å². The normalized spacial score (nSPS) is 11.2. The lowest BCUT2D eigenvalue weighted by Gasteiger charge is -2.08. The van der Waals surface area contributed by atoms with E-state index in [1.807, 2.05) is 18.2 Å². The van der Waals surface area contributed by atoms with Crippen molar-refractivity contribution in [1.29, 1.82) is 5.26 Å². The average molecular weight is 304 g/mol. The fourth-order valence-electron chi connectivity index (χ4n) is 2.23. The Morgan fingerprint density at radius 1 is 1.13 bits per heavy atom. The number of hydrogen-bond acceptors (Lipinski definition) is 3. The molecule has 0 unspecified atom stereocenters. The Balaban J connectivity index is 1.93. The topological polar surface area (TPSA) is 54.5 Å². The summed E-state index contributed by atoms with van der Waals surface area (Å²) in [5.41, 5.74) is 3.39. The van der Waals surface area contributed by atoms with E-state index in [-0.39, 0.29) is 5.82 Å². The highest BCUT2D eigenvalue weighted by Gasteiger charge is 2.06. The molecular weight excluding hydrogens is 291 g/mol. The summed E-state index contributed by atoms with van der Waals surface area (Å²) in [6.07, 6.45) is 5.73. The molecule has 0 atom stereocenters. The highest BCUT2D eigenvalue weighted by atomic mass is 19.1. The van der Waals surface area contributed by atoms with Crippen molar-refractivity contribution in [2.24, 2.45) is 0 Å². The predicted octanol–water partition coefficient (Wildman–Crippen LogP) is 3.42. The number of aromatic nitrogens is 3. The third kappa shape index (κ3) is 3.50. The molecule has 0 radical (unpaired) electrons. The molecule has 1 aromatic heterocycles. The fourth-order valence-corrected chi connectivity index (χ4v) is 2.23. The van der Waals surface area contributed by atoms with Crippen LogP contribution in [0.4, 0.5) is 4.39 Å². The number of nitrogens with zero attached hydrogens (tertiary/aromatic N) is 4. The van der Waals surface area contributed by atoms with Crippen molar-refractivity contribution in [2.75, 3.05) is 0 Å². The first kappa shape index (κ1) is 14.7. The lowest BCUT2D eigenvalue weighted by molar-refractivity contribution is 0.627. The van der Waals surface area contributed by atoms with Gasteiger partial charge in [0.05, 0.1) is 17.3 Å². The van der Waals surface area contributed by atoms with E-state index in [0.29, 0.717) is 12.0 Å². The van der Waals surface area contributed by atoms with Crippen molar-refractivity contribution < 1.29 is 4.39 Å². The Morgan fingerprint density at radius 2 is 1.87 bits per heavy atom. The molecule has 0 bridgehead atoms. The van der Waals surface area contributed by atoms with Gasteiger partial charge in [-0.2, -0.15) is 10.4 Å². The largest absolute Gasteiger partial charge is 0.223 e. The first-order valence-corrected chi connectivity index (χ1v) is 7.06. The summed E-state index contributed by atoms with van der Waals surface area (Å²) in [6, 6.07) is 15.8. The van der Waals surface area contributed by atoms with E-state index in [0.717, 1.165) is 16.8 Å². The molecule has 23 heavy (non-hydrogen) atoms. The van der Waals surface area contributed by atoms with Crippen LogP contribution in [0.1, 0.15) is 16.7 Å². The number of rotatable bonds is 4. The van der Waals surface area contributed by atoms with Gasteiger partial charge in [0.2, 0.25) is 0 Å². The van der Waals surface area contributed by atoms with Crippen molar-refractivity contribution in [3.05, 3.63) is 89.8 Å². The summed E-state index contributed by atoms with van der Waals surface area (Å²) in [5.74, 6) is -0.249. The Hall–Kier alpha value is -3.26. The Bertz CT molecular complexity index is 842. The standard InChI is InChI=1S/C18H13FN4/c19-17-8-3-14(4-9-17)5-10-18(23-13-21-12-22-23)16-6-1-15(11-20)2-7-16/h1-4,6-10,12-13H,5H2/b18-10+. The van der Waals surface area contributed by atoms with Crippen LogP contribution in [0.3, 0.4) is 0 Å². The molecule has 0 N–H and O–H groups in total. The molecule has 0 saturated heterocycles. The minimum absolute atomic E-state index is 0.249. The van der Waals surface area contributed by atoms with Crippen molar-refractivity contribution >= 4 is 5.70 Å². The van der Waals surface area contributed by atoms with Crippen molar-refractivity contribution in [3.8, 4) is 6.07 Å². The molecule has 3 rings (SSSR count). The second-order valence-corrected chi connectivity index (χ2v) is 4.95. The van der Waals surface area contributed by atoms with Crippen LogP contribution in [0.15, 0.2) is 67.3 Å². The van der Waals surface area contributed by atoms with E-state index in [9.17, 15) is 4.39 Å².